The molecule has 1 saturated heterocycles. The van der Waals surface area contributed by atoms with E-state index >= 15 is 0 Å². The Morgan fingerprint density at radius 2 is 1.75 bits per heavy atom. The highest BCUT2D eigenvalue weighted by atomic mass is 15.3. The highest BCUT2D eigenvalue weighted by molar-refractivity contribution is 4.97. The first-order chi connectivity index (χ1) is 7.81. The molecule has 0 unspecified atom stereocenters. The molecule has 3 aliphatic rings. The molecule has 0 aromatic heterocycles. The first kappa shape index (κ1) is 11.0. The van der Waals surface area contributed by atoms with E-state index in [1.807, 2.05) is 0 Å². The summed E-state index contributed by atoms with van der Waals surface area (Å²) in [6.07, 6.45) is 7.00. The molecule has 0 aromatic carbocycles. The molecule has 0 aromatic rings. The minimum absolute atomic E-state index is 0.635. The zero-order valence-electron chi connectivity index (χ0n) is 10.3. The van der Waals surface area contributed by atoms with Gasteiger partial charge in [-0.25, -0.2) is 0 Å². The Morgan fingerprint density at radius 3 is 2.25 bits per heavy atom. The van der Waals surface area contributed by atoms with Gasteiger partial charge in [-0.3, -0.25) is 4.90 Å². The van der Waals surface area contributed by atoms with Gasteiger partial charge >= 0.3 is 0 Å². The normalized spacial score (nSPS) is 30.6. The molecular formula is C13H25N3. The van der Waals surface area contributed by atoms with Gasteiger partial charge in [-0.1, -0.05) is 0 Å². The lowest BCUT2D eigenvalue weighted by molar-refractivity contribution is 0.107. The summed E-state index contributed by atoms with van der Waals surface area (Å²) in [6, 6.07) is 0.959. The van der Waals surface area contributed by atoms with Crippen LogP contribution in [0.2, 0.25) is 0 Å². The predicted octanol–water partition coefficient (Wildman–Crippen LogP) is 0.895. The molecule has 3 heteroatoms. The maximum Gasteiger partial charge on any atom is 0.0113 e. The number of hydrogen-bond acceptors (Lipinski definition) is 3. The van der Waals surface area contributed by atoms with E-state index in [-0.39, 0.29) is 0 Å². The molecule has 1 heterocycles. The fourth-order valence-electron chi connectivity index (χ4n) is 3.17. The van der Waals surface area contributed by atoms with Crippen LogP contribution in [0.15, 0.2) is 0 Å². The molecule has 2 aliphatic carbocycles. The monoisotopic (exact) mass is 223 g/mol. The third-order valence-corrected chi connectivity index (χ3v) is 4.66. The highest BCUT2D eigenvalue weighted by Crippen LogP contribution is 2.49. The second-order valence-corrected chi connectivity index (χ2v) is 6.08. The van der Waals surface area contributed by atoms with E-state index in [1.165, 1.54) is 64.8 Å². The van der Waals surface area contributed by atoms with Crippen LogP contribution in [0.5, 0.6) is 0 Å². The van der Waals surface area contributed by atoms with Crippen molar-refractivity contribution in [1.82, 2.24) is 9.80 Å². The van der Waals surface area contributed by atoms with Crippen molar-refractivity contribution < 1.29 is 0 Å². The fourth-order valence-corrected chi connectivity index (χ4v) is 3.17. The molecule has 2 N–H and O–H groups in total. The van der Waals surface area contributed by atoms with E-state index < -0.39 is 0 Å². The van der Waals surface area contributed by atoms with E-state index in [1.54, 1.807) is 0 Å². The van der Waals surface area contributed by atoms with Crippen molar-refractivity contribution in [2.24, 2.45) is 11.1 Å². The molecule has 0 amide bonds. The van der Waals surface area contributed by atoms with Gasteiger partial charge in [0.15, 0.2) is 0 Å². The zero-order chi connectivity index (χ0) is 11.0. The van der Waals surface area contributed by atoms with Crippen LogP contribution in [0.25, 0.3) is 0 Å². The molecule has 92 valence electrons. The van der Waals surface area contributed by atoms with Crippen LogP contribution < -0.4 is 5.73 Å². The van der Waals surface area contributed by atoms with Gasteiger partial charge in [-0.15, -0.1) is 0 Å². The number of nitrogens with two attached hydrogens (primary N) is 1. The van der Waals surface area contributed by atoms with Crippen LogP contribution in [0, 0.1) is 5.41 Å². The lowest BCUT2D eigenvalue weighted by Crippen LogP contribution is -2.48. The maximum absolute atomic E-state index is 5.70. The standard InChI is InChI=1S/C13H25N3/c14-6-5-13(3-4-13)11-15-7-9-16(10-8-15)12-1-2-12/h12H,1-11,14H2. The molecule has 0 atom stereocenters. The van der Waals surface area contributed by atoms with Gasteiger partial charge in [0.1, 0.15) is 0 Å². The van der Waals surface area contributed by atoms with Gasteiger partial charge < -0.3 is 10.6 Å². The molecular weight excluding hydrogens is 198 g/mol. The van der Waals surface area contributed by atoms with Crippen LogP contribution in [0.1, 0.15) is 32.1 Å². The lowest BCUT2D eigenvalue weighted by Gasteiger charge is -2.36. The second-order valence-electron chi connectivity index (χ2n) is 6.08. The molecule has 1 aliphatic heterocycles. The van der Waals surface area contributed by atoms with Crippen molar-refractivity contribution in [3.63, 3.8) is 0 Å². The minimum atomic E-state index is 0.635. The van der Waals surface area contributed by atoms with Crippen molar-refractivity contribution >= 4 is 0 Å². The molecule has 0 bridgehead atoms. The summed E-state index contributed by atoms with van der Waals surface area (Å²) >= 11 is 0. The molecule has 3 rings (SSSR count). The van der Waals surface area contributed by atoms with Gasteiger partial charge in [0, 0.05) is 38.8 Å². The summed E-state index contributed by atoms with van der Waals surface area (Å²) in [6.45, 7) is 7.41. The van der Waals surface area contributed by atoms with E-state index in [9.17, 15) is 0 Å². The van der Waals surface area contributed by atoms with E-state index in [4.69, 9.17) is 5.73 Å². The first-order valence-electron chi connectivity index (χ1n) is 6.98. The second kappa shape index (κ2) is 4.28. The number of hydrogen-bond donors (Lipinski definition) is 1. The summed E-state index contributed by atoms with van der Waals surface area (Å²) in [7, 11) is 0. The van der Waals surface area contributed by atoms with Crippen molar-refractivity contribution in [1.29, 1.82) is 0 Å². The summed E-state index contributed by atoms with van der Waals surface area (Å²) in [4.78, 5) is 5.38. The Bertz CT molecular complexity index is 238. The van der Waals surface area contributed by atoms with Gasteiger partial charge in [-0.2, -0.15) is 0 Å². The summed E-state index contributed by atoms with van der Waals surface area (Å²) in [5.74, 6) is 0. The van der Waals surface area contributed by atoms with Crippen molar-refractivity contribution in [2.75, 3.05) is 39.3 Å². The average molecular weight is 223 g/mol. The molecule has 16 heavy (non-hydrogen) atoms. The highest BCUT2D eigenvalue weighted by Gasteiger charge is 2.43. The van der Waals surface area contributed by atoms with Gasteiger partial charge in [-0.05, 0) is 44.1 Å². The summed E-state index contributed by atoms with van der Waals surface area (Å²) in [5.41, 5.74) is 6.34. The van der Waals surface area contributed by atoms with E-state index in [2.05, 4.69) is 9.80 Å². The fraction of sp³-hybridized carbons (Fsp3) is 1.00. The van der Waals surface area contributed by atoms with Crippen LogP contribution in [-0.4, -0.2) is 55.1 Å². The molecule has 3 fully saturated rings. The van der Waals surface area contributed by atoms with Crippen molar-refractivity contribution in [2.45, 2.75) is 38.1 Å². The average Bonchev–Trinajstić information content (AvgIpc) is 3.14. The van der Waals surface area contributed by atoms with E-state index in [0.29, 0.717) is 5.41 Å². The smallest absolute Gasteiger partial charge is 0.0113 e. The summed E-state index contributed by atoms with van der Waals surface area (Å²) in [5, 5.41) is 0. The van der Waals surface area contributed by atoms with Gasteiger partial charge in [0.25, 0.3) is 0 Å². The largest absolute Gasteiger partial charge is 0.330 e. The van der Waals surface area contributed by atoms with E-state index in [0.717, 1.165) is 12.6 Å². The number of nitrogens with zero attached hydrogens (tertiary/aromatic N) is 2. The molecule has 2 saturated carbocycles. The van der Waals surface area contributed by atoms with Crippen molar-refractivity contribution in [3.8, 4) is 0 Å². The summed E-state index contributed by atoms with van der Waals surface area (Å²) < 4.78 is 0. The topological polar surface area (TPSA) is 32.5 Å². The Morgan fingerprint density at radius 1 is 1.06 bits per heavy atom. The van der Waals surface area contributed by atoms with Crippen molar-refractivity contribution in [3.05, 3.63) is 0 Å². The van der Waals surface area contributed by atoms with Gasteiger partial charge in [0.2, 0.25) is 0 Å². The number of piperazine rings is 1. The third-order valence-electron chi connectivity index (χ3n) is 4.66. The Hall–Kier alpha value is -0.120. The first-order valence-corrected chi connectivity index (χ1v) is 6.98. The minimum Gasteiger partial charge on any atom is -0.330 e. The molecule has 0 spiro atoms. The lowest BCUT2D eigenvalue weighted by atomic mass is 10.0. The Labute approximate surface area is 99.0 Å². The molecule has 0 radical (unpaired) electrons. The zero-order valence-corrected chi connectivity index (χ0v) is 10.3. The van der Waals surface area contributed by atoms with Crippen LogP contribution in [0.4, 0.5) is 0 Å². The predicted molar refractivity (Wildman–Crippen MR) is 66.4 cm³/mol. The number of rotatable bonds is 5. The molecule has 3 nitrogen and oxygen atoms in total. The van der Waals surface area contributed by atoms with Crippen LogP contribution in [-0.2, 0) is 0 Å². The maximum atomic E-state index is 5.70. The van der Waals surface area contributed by atoms with Crippen LogP contribution in [0.3, 0.4) is 0 Å². The quantitative estimate of drug-likeness (QED) is 0.751. The van der Waals surface area contributed by atoms with Crippen LogP contribution >= 0.6 is 0 Å². The Kier molecular flexibility index (Phi) is 2.94. The SMILES string of the molecule is NCCC1(CN2CCN(C3CC3)CC2)CC1. The Balaban J connectivity index is 1.43. The van der Waals surface area contributed by atoms with Gasteiger partial charge in [0.05, 0.1) is 0 Å². The third kappa shape index (κ3) is 2.41.